The predicted octanol–water partition coefficient (Wildman–Crippen LogP) is 7.17. The predicted molar refractivity (Wildman–Crippen MR) is 167 cm³/mol. The Hall–Kier alpha value is -3.61. The van der Waals surface area contributed by atoms with Gasteiger partial charge in [0.25, 0.3) is 5.69 Å². The summed E-state index contributed by atoms with van der Waals surface area (Å²) >= 11 is 1.35. The third kappa shape index (κ3) is 9.70. The maximum atomic E-state index is 13.4. The van der Waals surface area contributed by atoms with Crippen molar-refractivity contribution in [2.24, 2.45) is 0 Å². The number of nitro groups is 1. The molecule has 0 spiro atoms. The molecule has 1 heterocycles. The molecule has 0 amide bonds. The SMILES string of the molecule is CCCCCCCCS(=O)(=O)NC(Cc1ccccc1)c1nnc(SCc2ccc(F)cc2)n1-c1ccc([N+](=O)[O-])cc1. The lowest BCUT2D eigenvalue weighted by Crippen LogP contribution is -2.33. The Morgan fingerprint density at radius 1 is 0.907 bits per heavy atom. The molecule has 4 rings (SSSR count). The number of benzene rings is 3. The van der Waals surface area contributed by atoms with E-state index in [0.29, 0.717) is 35.3 Å². The molecule has 0 aliphatic rings. The average molecular weight is 626 g/mol. The molecular formula is C31H36FN5O4S2. The third-order valence-corrected chi connectivity index (χ3v) is 9.41. The summed E-state index contributed by atoms with van der Waals surface area (Å²) < 4.78 is 44.7. The molecule has 0 radical (unpaired) electrons. The molecule has 1 N–H and O–H groups in total. The topological polar surface area (TPSA) is 120 Å². The summed E-state index contributed by atoms with van der Waals surface area (Å²) in [5.41, 5.74) is 2.26. The standard InChI is InChI=1S/C31H36FN5O4S2/c1-2-3-4-5-6-10-21-43(40,41)35-29(22-24-11-8-7-9-12-24)30-33-34-31(42-23-25-13-15-26(32)16-14-25)36(30)27-17-19-28(20-18-27)37(38)39/h7-9,11-20,29,35H,2-6,10,21-23H2,1H3. The zero-order chi connectivity index (χ0) is 30.7. The van der Waals surface area contributed by atoms with Crippen LogP contribution in [0.25, 0.3) is 5.69 Å². The number of sulfonamides is 1. The van der Waals surface area contributed by atoms with E-state index in [0.717, 1.165) is 43.2 Å². The summed E-state index contributed by atoms with van der Waals surface area (Å²) in [5.74, 6) is 0.494. The summed E-state index contributed by atoms with van der Waals surface area (Å²) in [4.78, 5) is 10.8. The summed E-state index contributed by atoms with van der Waals surface area (Å²) in [7, 11) is -3.67. The van der Waals surface area contributed by atoms with Crippen LogP contribution in [0.5, 0.6) is 0 Å². The number of aromatic nitrogens is 3. The number of nitrogens with one attached hydrogen (secondary N) is 1. The van der Waals surface area contributed by atoms with Crippen molar-refractivity contribution in [3.05, 3.63) is 112 Å². The van der Waals surface area contributed by atoms with Gasteiger partial charge in [0.1, 0.15) is 5.82 Å². The van der Waals surface area contributed by atoms with Crippen molar-refractivity contribution < 1.29 is 17.7 Å². The van der Waals surface area contributed by atoms with Gasteiger partial charge in [0.15, 0.2) is 11.0 Å². The van der Waals surface area contributed by atoms with Gasteiger partial charge < -0.3 is 0 Å². The Labute approximate surface area is 256 Å². The van der Waals surface area contributed by atoms with Crippen LogP contribution in [0.3, 0.4) is 0 Å². The van der Waals surface area contributed by atoms with Gasteiger partial charge in [0, 0.05) is 23.6 Å². The minimum absolute atomic E-state index is 0.00224. The molecule has 1 unspecified atom stereocenters. The molecule has 0 bridgehead atoms. The minimum Gasteiger partial charge on any atom is -0.273 e. The number of non-ortho nitro benzene ring substituents is 1. The molecule has 0 fully saturated rings. The second-order valence-corrected chi connectivity index (χ2v) is 13.1. The molecule has 0 saturated carbocycles. The molecule has 228 valence electrons. The second kappa shape index (κ2) is 15.7. The van der Waals surface area contributed by atoms with Crippen molar-refractivity contribution in [2.75, 3.05) is 5.75 Å². The fourth-order valence-corrected chi connectivity index (χ4v) is 6.92. The Kier molecular flexibility index (Phi) is 11.8. The summed E-state index contributed by atoms with van der Waals surface area (Å²) in [6.45, 7) is 2.14. The maximum absolute atomic E-state index is 13.4. The van der Waals surface area contributed by atoms with Gasteiger partial charge in [0.2, 0.25) is 10.0 Å². The highest BCUT2D eigenvalue weighted by atomic mass is 32.2. The Balaban J connectivity index is 1.67. The van der Waals surface area contributed by atoms with Gasteiger partial charge in [-0.1, -0.05) is 93.3 Å². The molecule has 0 aliphatic carbocycles. The highest BCUT2D eigenvalue weighted by molar-refractivity contribution is 7.98. The lowest BCUT2D eigenvalue weighted by Gasteiger charge is -2.20. The van der Waals surface area contributed by atoms with E-state index in [2.05, 4.69) is 21.8 Å². The van der Waals surface area contributed by atoms with Crippen molar-refractivity contribution >= 4 is 27.5 Å². The van der Waals surface area contributed by atoms with Crippen LogP contribution in [0.15, 0.2) is 84.0 Å². The van der Waals surface area contributed by atoms with Gasteiger partial charge in [-0.25, -0.2) is 17.5 Å². The highest BCUT2D eigenvalue weighted by Gasteiger charge is 2.27. The molecule has 3 aromatic carbocycles. The van der Waals surface area contributed by atoms with E-state index in [1.165, 1.54) is 36.0 Å². The first-order valence-corrected chi connectivity index (χ1v) is 17.0. The average Bonchev–Trinajstić information content (AvgIpc) is 3.43. The number of halogens is 1. The zero-order valence-electron chi connectivity index (χ0n) is 24.1. The summed E-state index contributed by atoms with van der Waals surface area (Å²) in [6, 6.07) is 20.9. The molecule has 12 heteroatoms. The van der Waals surface area contributed by atoms with Gasteiger partial charge in [0.05, 0.1) is 16.7 Å². The van der Waals surface area contributed by atoms with Crippen molar-refractivity contribution in [3.63, 3.8) is 0 Å². The molecule has 43 heavy (non-hydrogen) atoms. The van der Waals surface area contributed by atoms with E-state index in [1.54, 1.807) is 28.8 Å². The van der Waals surface area contributed by atoms with Crippen LogP contribution in [0.1, 0.15) is 68.4 Å². The van der Waals surface area contributed by atoms with Crippen LogP contribution < -0.4 is 4.72 Å². The van der Waals surface area contributed by atoms with Crippen molar-refractivity contribution in [1.82, 2.24) is 19.5 Å². The molecule has 9 nitrogen and oxygen atoms in total. The first-order valence-electron chi connectivity index (χ1n) is 14.4. The summed E-state index contributed by atoms with van der Waals surface area (Å²) in [6.07, 6.45) is 6.09. The van der Waals surface area contributed by atoms with E-state index in [1.807, 2.05) is 30.3 Å². The molecule has 4 aromatic rings. The van der Waals surface area contributed by atoms with E-state index >= 15 is 0 Å². The van der Waals surface area contributed by atoms with Gasteiger partial charge in [-0.2, -0.15) is 0 Å². The largest absolute Gasteiger partial charge is 0.273 e. The summed E-state index contributed by atoms with van der Waals surface area (Å²) in [5, 5.41) is 20.7. The first-order chi connectivity index (χ1) is 20.8. The van der Waals surface area contributed by atoms with E-state index in [4.69, 9.17) is 0 Å². The van der Waals surface area contributed by atoms with Crippen molar-refractivity contribution in [1.29, 1.82) is 0 Å². The maximum Gasteiger partial charge on any atom is 0.269 e. The van der Waals surface area contributed by atoms with Crippen LogP contribution in [0.2, 0.25) is 0 Å². The van der Waals surface area contributed by atoms with E-state index in [9.17, 15) is 22.9 Å². The normalized spacial score (nSPS) is 12.3. The minimum atomic E-state index is -3.67. The number of thioether (sulfide) groups is 1. The fraction of sp³-hybridized carbons (Fsp3) is 0.355. The van der Waals surface area contributed by atoms with Crippen LogP contribution in [0, 0.1) is 15.9 Å². The van der Waals surface area contributed by atoms with Crippen LogP contribution in [-0.2, 0) is 22.2 Å². The van der Waals surface area contributed by atoms with Gasteiger partial charge in [-0.05, 0) is 48.2 Å². The number of nitrogens with zero attached hydrogens (tertiary/aromatic N) is 4. The Bertz CT molecular complexity index is 1560. The molecule has 0 saturated heterocycles. The zero-order valence-corrected chi connectivity index (χ0v) is 25.7. The van der Waals surface area contributed by atoms with Crippen LogP contribution >= 0.6 is 11.8 Å². The number of unbranched alkanes of at least 4 members (excludes halogenated alkanes) is 5. The molecule has 1 atom stereocenters. The second-order valence-electron chi connectivity index (χ2n) is 10.3. The van der Waals surface area contributed by atoms with Crippen molar-refractivity contribution in [2.45, 2.75) is 68.8 Å². The highest BCUT2D eigenvalue weighted by Crippen LogP contribution is 2.30. The third-order valence-electron chi connectivity index (χ3n) is 6.94. The number of rotatable bonds is 17. The lowest BCUT2D eigenvalue weighted by atomic mass is 10.1. The smallest absolute Gasteiger partial charge is 0.269 e. The first kappa shape index (κ1) is 32.3. The molecular weight excluding hydrogens is 590 g/mol. The fourth-order valence-electron chi connectivity index (χ4n) is 4.68. The van der Waals surface area contributed by atoms with Gasteiger partial charge in [-0.15, -0.1) is 10.2 Å². The molecule has 1 aromatic heterocycles. The van der Waals surface area contributed by atoms with Gasteiger partial charge >= 0.3 is 0 Å². The van der Waals surface area contributed by atoms with Crippen LogP contribution in [0.4, 0.5) is 10.1 Å². The number of nitro benzene ring substituents is 1. The van der Waals surface area contributed by atoms with E-state index < -0.39 is 21.0 Å². The Morgan fingerprint density at radius 2 is 1.58 bits per heavy atom. The molecule has 0 aliphatic heterocycles. The van der Waals surface area contributed by atoms with Gasteiger partial charge in [-0.3, -0.25) is 14.7 Å². The quantitative estimate of drug-likeness (QED) is 0.0572. The Morgan fingerprint density at radius 3 is 2.26 bits per heavy atom. The van der Waals surface area contributed by atoms with E-state index in [-0.39, 0.29) is 17.3 Å². The lowest BCUT2D eigenvalue weighted by molar-refractivity contribution is -0.384. The number of hydrogen-bond donors (Lipinski definition) is 1. The monoisotopic (exact) mass is 625 g/mol. The van der Waals surface area contributed by atoms with Crippen molar-refractivity contribution in [3.8, 4) is 5.69 Å². The number of hydrogen-bond acceptors (Lipinski definition) is 7. The van der Waals surface area contributed by atoms with Crippen LogP contribution in [-0.4, -0.2) is 33.9 Å².